The summed E-state index contributed by atoms with van der Waals surface area (Å²) in [6.45, 7) is -2.30. The van der Waals surface area contributed by atoms with E-state index in [2.05, 4.69) is 4.74 Å². The molecule has 0 unspecified atom stereocenters. The third kappa shape index (κ3) is 6.59. The van der Waals surface area contributed by atoms with Crippen LogP contribution in [0.15, 0.2) is 24.3 Å². The number of carbonyl (C=O) groups is 2. The lowest BCUT2D eigenvalue weighted by Gasteiger charge is -2.10. The molecule has 24 heavy (non-hydrogen) atoms. The number of para-hydroxylation sites is 1. The number of ether oxygens (including phenoxy) is 3. The SMILES string of the molecule is COc1cccc(C=CC(=O)OCC(=O)NCC(F)(F)F)c1OC. The number of esters is 1. The molecule has 9 heteroatoms. The van der Waals surface area contributed by atoms with Crippen LogP contribution in [-0.2, 0) is 14.3 Å². The van der Waals surface area contributed by atoms with E-state index in [0.717, 1.165) is 6.08 Å². The second-order valence-electron chi connectivity index (χ2n) is 4.42. The van der Waals surface area contributed by atoms with E-state index >= 15 is 0 Å². The van der Waals surface area contributed by atoms with Crippen molar-refractivity contribution < 1.29 is 37.0 Å². The summed E-state index contributed by atoms with van der Waals surface area (Å²) in [4.78, 5) is 22.6. The Balaban J connectivity index is 2.56. The van der Waals surface area contributed by atoms with Gasteiger partial charge in [0, 0.05) is 11.6 Å². The van der Waals surface area contributed by atoms with E-state index in [-0.39, 0.29) is 0 Å². The first-order chi connectivity index (χ1) is 11.3. The van der Waals surface area contributed by atoms with Crippen LogP contribution in [-0.4, -0.2) is 45.4 Å². The summed E-state index contributed by atoms with van der Waals surface area (Å²) >= 11 is 0. The molecule has 1 aromatic carbocycles. The van der Waals surface area contributed by atoms with Gasteiger partial charge in [0.05, 0.1) is 14.2 Å². The Morgan fingerprint density at radius 3 is 2.50 bits per heavy atom. The molecular formula is C15H16F3NO5. The molecule has 0 heterocycles. The highest BCUT2D eigenvalue weighted by atomic mass is 19.4. The molecule has 0 bridgehead atoms. The molecule has 1 amide bonds. The maximum absolute atomic E-state index is 11.9. The minimum Gasteiger partial charge on any atom is -0.493 e. The highest BCUT2D eigenvalue weighted by molar-refractivity contribution is 5.89. The van der Waals surface area contributed by atoms with Crippen molar-refractivity contribution in [3.8, 4) is 11.5 Å². The minimum absolute atomic E-state index is 0.395. The van der Waals surface area contributed by atoms with Crippen LogP contribution in [0.2, 0.25) is 0 Å². The van der Waals surface area contributed by atoms with E-state index in [4.69, 9.17) is 9.47 Å². The normalized spacial score (nSPS) is 11.2. The maximum atomic E-state index is 11.9. The number of hydrogen-bond donors (Lipinski definition) is 1. The van der Waals surface area contributed by atoms with Gasteiger partial charge in [-0.15, -0.1) is 0 Å². The van der Waals surface area contributed by atoms with Gasteiger partial charge >= 0.3 is 12.1 Å². The van der Waals surface area contributed by atoms with Crippen LogP contribution >= 0.6 is 0 Å². The molecule has 0 aliphatic carbocycles. The lowest BCUT2D eigenvalue weighted by atomic mass is 10.1. The number of nitrogens with one attached hydrogen (secondary N) is 1. The van der Waals surface area contributed by atoms with E-state index in [0.29, 0.717) is 17.1 Å². The molecule has 0 radical (unpaired) electrons. The molecule has 1 aromatic rings. The zero-order valence-corrected chi connectivity index (χ0v) is 13.0. The fraction of sp³-hybridized carbons (Fsp3) is 0.333. The zero-order valence-electron chi connectivity index (χ0n) is 13.0. The fourth-order valence-corrected chi connectivity index (χ4v) is 1.64. The number of benzene rings is 1. The zero-order chi connectivity index (χ0) is 18.2. The van der Waals surface area contributed by atoms with Crippen LogP contribution in [0.3, 0.4) is 0 Å². The molecule has 132 valence electrons. The van der Waals surface area contributed by atoms with Gasteiger partial charge in [-0.2, -0.15) is 13.2 Å². The number of halogens is 3. The number of alkyl halides is 3. The molecule has 0 atom stereocenters. The molecule has 0 spiro atoms. The van der Waals surface area contributed by atoms with Gasteiger partial charge in [-0.1, -0.05) is 12.1 Å². The van der Waals surface area contributed by atoms with Crippen molar-refractivity contribution in [3.05, 3.63) is 29.8 Å². The average molecular weight is 347 g/mol. The summed E-state index contributed by atoms with van der Waals surface area (Å²) < 4.78 is 50.5. The van der Waals surface area contributed by atoms with Gasteiger partial charge in [0.2, 0.25) is 0 Å². The van der Waals surface area contributed by atoms with Crippen molar-refractivity contribution in [2.24, 2.45) is 0 Å². The fourth-order valence-electron chi connectivity index (χ4n) is 1.64. The largest absolute Gasteiger partial charge is 0.493 e. The lowest BCUT2D eigenvalue weighted by Crippen LogP contribution is -2.36. The number of amides is 1. The smallest absolute Gasteiger partial charge is 0.405 e. The van der Waals surface area contributed by atoms with Gasteiger partial charge in [0.25, 0.3) is 5.91 Å². The summed E-state index contributed by atoms with van der Waals surface area (Å²) in [5.74, 6) is -1.08. The molecule has 6 nitrogen and oxygen atoms in total. The minimum atomic E-state index is -4.53. The van der Waals surface area contributed by atoms with Crippen molar-refractivity contribution in [2.75, 3.05) is 27.4 Å². The average Bonchev–Trinajstić information content (AvgIpc) is 2.54. The first-order valence-corrected chi connectivity index (χ1v) is 6.66. The summed E-state index contributed by atoms with van der Waals surface area (Å²) in [6.07, 6.45) is -2.13. The third-order valence-corrected chi connectivity index (χ3v) is 2.66. The Kier molecular flexibility index (Phi) is 7.09. The Morgan fingerprint density at radius 2 is 1.92 bits per heavy atom. The van der Waals surface area contributed by atoms with Gasteiger partial charge in [0.15, 0.2) is 18.1 Å². The van der Waals surface area contributed by atoms with Crippen molar-refractivity contribution in [1.29, 1.82) is 0 Å². The van der Waals surface area contributed by atoms with Crippen LogP contribution in [0.25, 0.3) is 6.08 Å². The van der Waals surface area contributed by atoms with E-state index in [9.17, 15) is 22.8 Å². The number of methoxy groups -OCH3 is 2. The van der Waals surface area contributed by atoms with Crippen molar-refractivity contribution >= 4 is 18.0 Å². The highest BCUT2D eigenvalue weighted by Gasteiger charge is 2.27. The quantitative estimate of drug-likeness (QED) is 0.603. The van der Waals surface area contributed by atoms with E-state index in [1.165, 1.54) is 20.3 Å². The van der Waals surface area contributed by atoms with Gasteiger partial charge in [-0.05, 0) is 12.1 Å². The van der Waals surface area contributed by atoms with E-state index in [1.807, 2.05) is 0 Å². The van der Waals surface area contributed by atoms with Crippen molar-refractivity contribution in [2.45, 2.75) is 6.18 Å². The predicted molar refractivity (Wildman–Crippen MR) is 78.6 cm³/mol. The van der Waals surface area contributed by atoms with E-state index in [1.54, 1.807) is 23.5 Å². The Morgan fingerprint density at radius 1 is 1.21 bits per heavy atom. The van der Waals surface area contributed by atoms with Crippen LogP contribution in [0.1, 0.15) is 5.56 Å². The molecule has 1 N–H and O–H groups in total. The molecule has 0 fully saturated rings. The molecular weight excluding hydrogens is 331 g/mol. The van der Waals surface area contributed by atoms with Crippen LogP contribution in [0.4, 0.5) is 13.2 Å². The van der Waals surface area contributed by atoms with E-state index < -0.39 is 31.2 Å². The Labute approximate surface area is 136 Å². The summed E-state index contributed by atoms with van der Waals surface area (Å²) in [7, 11) is 2.89. The molecule has 0 saturated carbocycles. The van der Waals surface area contributed by atoms with Crippen molar-refractivity contribution in [3.63, 3.8) is 0 Å². The van der Waals surface area contributed by atoms with Gasteiger partial charge in [-0.25, -0.2) is 4.79 Å². The van der Waals surface area contributed by atoms with Gasteiger partial charge in [-0.3, -0.25) is 4.79 Å². The second kappa shape index (κ2) is 8.80. The number of rotatable bonds is 7. The molecule has 0 aliphatic heterocycles. The summed E-state index contributed by atoms with van der Waals surface area (Å²) in [5.41, 5.74) is 0.523. The molecule has 0 saturated heterocycles. The highest BCUT2D eigenvalue weighted by Crippen LogP contribution is 2.31. The lowest BCUT2D eigenvalue weighted by molar-refractivity contribution is -0.148. The molecule has 1 rings (SSSR count). The van der Waals surface area contributed by atoms with Crippen LogP contribution in [0, 0.1) is 0 Å². The third-order valence-electron chi connectivity index (χ3n) is 2.66. The first-order valence-electron chi connectivity index (χ1n) is 6.66. The number of carbonyl (C=O) groups excluding carboxylic acids is 2. The topological polar surface area (TPSA) is 73.9 Å². The molecule has 0 aromatic heterocycles. The van der Waals surface area contributed by atoms with Gasteiger partial charge in [0.1, 0.15) is 6.54 Å². The van der Waals surface area contributed by atoms with Crippen LogP contribution < -0.4 is 14.8 Å². The predicted octanol–water partition coefficient (Wildman–Crippen LogP) is 1.94. The summed E-state index contributed by atoms with van der Waals surface area (Å²) in [5, 5.41) is 1.58. The monoisotopic (exact) mass is 347 g/mol. The van der Waals surface area contributed by atoms with Crippen molar-refractivity contribution in [1.82, 2.24) is 5.32 Å². The number of hydrogen-bond acceptors (Lipinski definition) is 5. The first kappa shape index (κ1) is 19.3. The second-order valence-corrected chi connectivity index (χ2v) is 4.42. The van der Waals surface area contributed by atoms with Crippen LogP contribution in [0.5, 0.6) is 11.5 Å². The van der Waals surface area contributed by atoms with Gasteiger partial charge < -0.3 is 19.5 Å². The molecule has 0 aliphatic rings. The standard InChI is InChI=1S/C15H16F3NO5/c1-22-11-5-3-4-10(14(11)23-2)6-7-13(21)24-8-12(20)19-9-15(16,17)18/h3-7H,8-9H2,1-2H3,(H,19,20). The Hall–Kier alpha value is -2.71. The maximum Gasteiger partial charge on any atom is 0.405 e. The Bertz CT molecular complexity index is 614. The summed E-state index contributed by atoms with van der Waals surface area (Å²) in [6, 6.07) is 5.00.